The van der Waals surface area contributed by atoms with E-state index in [1.54, 1.807) is 0 Å². The van der Waals surface area contributed by atoms with Crippen LogP contribution in [0.15, 0.2) is 36.4 Å². The van der Waals surface area contributed by atoms with E-state index < -0.39 is 0 Å². The highest BCUT2D eigenvalue weighted by Crippen LogP contribution is 2.41. The molecule has 2 atom stereocenters. The predicted molar refractivity (Wildman–Crippen MR) is 147 cm³/mol. The number of benzene rings is 2. The molecule has 0 N–H and O–H groups in total. The number of epoxide rings is 2. The quantitative estimate of drug-likeness (QED) is 0.129. The first-order valence-corrected chi connectivity index (χ1v) is 15.1. The molecule has 3 aliphatic carbocycles. The van der Waals surface area contributed by atoms with Crippen molar-refractivity contribution in [2.45, 2.75) is 88.9 Å². The SMILES string of the molecule is O=C(Oc1ccc2c(c1)Cc1cc(OCOC3CCC(CC4CO4)CC3)ccc1-2)C1CCC(CC2CO2)CC1. The summed E-state index contributed by atoms with van der Waals surface area (Å²) in [5, 5.41) is 0. The molecule has 2 aromatic rings. The Kier molecular flexibility index (Phi) is 7.35. The van der Waals surface area contributed by atoms with Gasteiger partial charge in [0, 0.05) is 0 Å². The van der Waals surface area contributed by atoms with Crippen LogP contribution in [0, 0.1) is 17.8 Å². The van der Waals surface area contributed by atoms with Gasteiger partial charge in [0.25, 0.3) is 0 Å². The molecule has 39 heavy (non-hydrogen) atoms. The maximum Gasteiger partial charge on any atom is 0.314 e. The summed E-state index contributed by atoms with van der Waals surface area (Å²) in [5.74, 6) is 2.94. The van der Waals surface area contributed by atoms with Crippen molar-refractivity contribution in [2.75, 3.05) is 20.0 Å². The molecular weight excluding hydrogens is 492 g/mol. The summed E-state index contributed by atoms with van der Waals surface area (Å²) in [7, 11) is 0. The van der Waals surface area contributed by atoms with Crippen LogP contribution >= 0.6 is 0 Å². The van der Waals surface area contributed by atoms with Crippen LogP contribution in [0.1, 0.15) is 75.3 Å². The fourth-order valence-corrected chi connectivity index (χ4v) is 7.03. The van der Waals surface area contributed by atoms with E-state index in [4.69, 9.17) is 23.7 Å². The third-order valence-corrected chi connectivity index (χ3v) is 9.54. The minimum atomic E-state index is -0.0762. The molecule has 4 fully saturated rings. The zero-order chi connectivity index (χ0) is 26.2. The van der Waals surface area contributed by atoms with Crippen LogP contribution in [0.4, 0.5) is 0 Å². The Bertz CT molecular complexity index is 1170. The van der Waals surface area contributed by atoms with E-state index in [0.717, 1.165) is 76.2 Å². The Morgan fingerprint density at radius 1 is 0.744 bits per heavy atom. The number of ether oxygens (including phenoxy) is 5. The first-order chi connectivity index (χ1) is 19.2. The second kappa shape index (κ2) is 11.2. The van der Waals surface area contributed by atoms with Crippen LogP contribution in [-0.2, 0) is 25.4 Å². The third kappa shape index (κ3) is 6.34. The Morgan fingerprint density at radius 3 is 1.92 bits per heavy atom. The lowest BCUT2D eigenvalue weighted by Crippen LogP contribution is -2.26. The van der Waals surface area contributed by atoms with E-state index in [1.165, 1.54) is 41.5 Å². The summed E-state index contributed by atoms with van der Waals surface area (Å²) in [4.78, 5) is 12.9. The van der Waals surface area contributed by atoms with E-state index in [1.807, 2.05) is 18.2 Å². The first-order valence-electron chi connectivity index (χ1n) is 15.1. The predicted octanol–water partition coefficient (Wildman–Crippen LogP) is 6.46. The summed E-state index contributed by atoms with van der Waals surface area (Å²) < 4.78 is 28.7. The summed E-state index contributed by atoms with van der Waals surface area (Å²) in [5.41, 5.74) is 4.88. The molecule has 6 heteroatoms. The molecule has 2 saturated carbocycles. The van der Waals surface area contributed by atoms with Gasteiger partial charge in [-0.05, 0) is 129 Å². The molecule has 0 bridgehead atoms. The molecule has 2 aromatic carbocycles. The van der Waals surface area contributed by atoms with Crippen LogP contribution in [0.2, 0.25) is 0 Å². The van der Waals surface area contributed by atoms with Gasteiger partial charge in [0.15, 0.2) is 6.79 Å². The van der Waals surface area contributed by atoms with Crippen LogP contribution in [0.25, 0.3) is 11.1 Å². The molecular formula is C33H40O6. The Labute approximate surface area is 231 Å². The molecule has 0 amide bonds. The van der Waals surface area contributed by atoms with Gasteiger partial charge >= 0.3 is 5.97 Å². The van der Waals surface area contributed by atoms with Gasteiger partial charge in [-0.1, -0.05) is 12.1 Å². The van der Waals surface area contributed by atoms with Crippen molar-refractivity contribution >= 4 is 5.97 Å². The molecule has 208 valence electrons. The monoisotopic (exact) mass is 532 g/mol. The molecule has 2 saturated heterocycles. The van der Waals surface area contributed by atoms with E-state index in [9.17, 15) is 4.79 Å². The number of hydrogen-bond acceptors (Lipinski definition) is 6. The minimum absolute atomic E-state index is 0.0149. The van der Waals surface area contributed by atoms with E-state index >= 15 is 0 Å². The van der Waals surface area contributed by atoms with Crippen molar-refractivity contribution in [3.05, 3.63) is 47.5 Å². The minimum Gasteiger partial charge on any atom is -0.468 e. The van der Waals surface area contributed by atoms with Crippen LogP contribution in [0.3, 0.4) is 0 Å². The van der Waals surface area contributed by atoms with Crippen LogP contribution in [0.5, 0.6) is 11.5 Å². The maximum absolute atomic E-state index is 12.9. The molecule has 6 nitrogen and oxygen atoms in total. The van der Waals surface area contributed by atoms with Crippen molar-refractivity contribution in [2.24, 2.45) is 17.8 Å². The van der Waals surface area contributed by atoms with E-state index in [0.29, 0.717) is 36.8 Å². The van der Waals surface area contributed by atoms with E-state index in [2.05, 4.69) is 18.2 Å². The highest BCUT2D eigenvalue weighted by Gasteiger charge is 2.33. The average Bonchev–Trinajstić information content (AvgIpc) is 3.89. The van der Waals surface area contributed by atoms with Crippen molar-refractivity contribution in [3.8, 4) is 22.6 Å². The van der Waals surface area contributed by atoms with Gasteiger partial charge in [-0.2, -0.15) is 0 Å². The van der Waals surface area contributed by atoms with Gasteiger partial charge in [0.2, 0.25) is 0 Å². The molecule has 0 radical (unpaired) electrons. The third-order valence-electron chi connectivity index (χ3n) is 9.54. The second-order valence-electron chi connectivity index (χ2n) is 12.4. The number of esters is 1. The first kappa shape index (κ1) is 25.6. The number of fused-ring (bicyclic) bond motifs is 3. The summed E-state index contributed by atoms with van der Waals surface area (Å²) in [6.45, 7) is 2.18. The normalized spacial score (nSPS) is 30.8. The number of carbonyl (C=O) groups is 1. The molecule has 2 heterocycles. The van der Waals surface area contributed by atoms with Gasteiger partial charge in [-0.3, -0.25) is 4.79 Å². The lowest BCUT2D eigenvalue weighted by Gasteiger charge is -2.28. The zero-order valence-corrected chi connectivity index (χ0v) is 22.8. The summed E-state index contributed by atoms with van der Waals surface area (Å²) in [6, 6.07) is 12.4. The summed E-state index contributed by atoms with van der Waals surface area (Å²) in [6.07, 6.45) is 13.3. The fraction of sp³-hybridized carbons (Fsp3) is 0.606. The van der Waals surface area contributed by atoms with Crippen molar-refractivity contribution in [1.29, 1.82) is 0 Å². The van der Waals surface area contributed by atoms with Crippen molar-refractivity contribution < 1.29 is 28.5 Å². The summed E-state index contributed by atoms with van der Waals surface area (Å²) >= 11 is 0. The molecule has 5 aliphatic rings. The zero-order valence-electron chi connectivity index (χ0n) is 22.8. The average molecular weight is 533 g/mol. The smallest absolute Gasteiger partial charge is 0.314 e. The fourth-order valence-electron chi connectivity index (χ4n) is 7.03. The number of rotatable bonds is 10. The van der Waals surface area contributed by atoms with Crippen LogP contribution < -0.4 is 9.47 Å². The highest BCUT2D eigenvalue weighted by atomic mass is 16.7. The van der Waals surface area contributed by atoms with Gasteiger partial charge in [-0.25, -0.2) is 0 Å². The van der Waals surface area contributed by atoms with Crippen molar-refractivity contribution in [1.82, 2.24) is 0 Å². The lowest BCUT2D eigenvalue weighted by molar-refractivity contribution is -0.140. The number of carbonyl (C=O) groups excluding carboxylic acids is 1. The van der Waals surface area contributed by atoms with Crippen molar-refractivity contribution in [3.63, 3.8) is 0 Å². The van der Waals surface area contributed by atoms with Gasteiger partial charge in [0.1, 0.15) is 11.5 Å². The van der Waals surface area contributed by atoms with Gasteiger partial charge in [0.05, 0.1) is 37.4 Å². The molecule has 0 spiro atoms. The molecule has 2 unspecified atom stereocenters. The maximum atomic E-state index is 12.9. The topological polar surface area (TPSA) is 69.8 Å². The van der Waals surface area contributed by atoms with E-state index in [-0.39, 0.29) is 11.9 Å². The molecule has 7 rings (SSSR count). The standard InChI is InChI=1S/C33H40O6/c34-33(23-5-1-21(2-6-23)13-29-18-35-29)39-28-10-12-32-25(17-28)15-24-16-27(9-11-31(24)32)38-20-37-26-7-3-22(4-8-26)14-30-19-36-30/h9-12,16-17,21-23,26,29-30H,1-8,13-15,18-20H2. The van der Waals surface area contributed by atoms with Gasteiger partial charge < -0.3 is 23.7 Å². The Balaban J connectivity index is 0.881. The molecule has 0 aromatic heterocycles. The highest BCUT2D eigenvalue weighted by molar-refractivity contribution is 5.79. The molecule has 2 aliphatic heterocycles. The second-order valence-corrected chi connectivity index (χ2v) is 12.4. The lowest BCUT2D eigenvalue weighted by atomic mass is 9.80. The Morgan fingerprint density at radius 2 is 1.31 bits per heavy atom. The number of hydrogen-bond donors (Lipinski definition) is 0. The van der Waals surface area contributed by atoms with Crippen LogP contribution in [-0.4, -0.2) is 44.3 Å². The van der Waals surface area contributed by atoms with Gasteiger partial charge in [-0.15, -0.1) is 0 Å². The Hall–Kier alpha value is -2.41. The largest absolute Gasteiger partial charge is 0.468 e.